The van der Waals surface area contributed by atoms with Crippen molar-refractivity contribution in [2.24, 2.45) is 0 Å². The van der Waals surface area contributed by atoms with Crippen molar-refractivity contribution < 1.29 is 8.42 Å². The standard InChI is InChI=1S/C11H12ClN3O2S2/c1-7-5-9(13-2)8(12)6-10(7)19(16,17)15-11-14-3-4-18-11/h3-6,13H,1-2H3,(H,14,15). The van der Waals surface area contributed by atoms with Gasteiger partial charge in [-0.05, 0) is 24.6 Å². The minimum atomic E-state index is -3.68. The van der Waals surface area contributed by atoms with E-state index in [2.05, 4.69) is 15.0 Å². The lowest BCUT2D eigenvalue weighted by atomic mass is 10.2. The van der Waals surface area contributed by atoms with Crippen LogP contribution in [0.1, 0.15) is 5.56 Å². The summed E-state index contributed by atoms with van der Waals surface area (Å²) in [6, 6.07) is 3.12. The number of rotatable bonds is 4. The Morgan fingerprint density at radius 1 is 1.37 bits per heavy atom. The fourth-order valence-electron chi connectivity index (χ4n) is 1.59. The van der Waals surface area contributed by atoms with Gasteiger partial charge in [-0.1, -0.05) is 11.6 Å². The highest BCUT2D eigenvalue weighted by Crippen LogP contribution is 2.29. The van der Waals surface area contributed by atoms with Gasteiger partial charge < -0.3 is 5.32 Å². The number of halogens is 1. The molecule has 5 nitrogen and oxygen atoms in total. The van der Waals surface area contributed by atoms with Crippen LogP contribution in [-0.4, -0.2) is 20.4 Å². The van der Waals surface area contributed by atoms with Gasteiger partial charge in [-0.25, -0.2) is 13.4 Å². The Morgan fingerprint density at radius 2 is 2.11 bits per heavy atom. The molecule has 102 valence electrons. The van der Waals surface area contributed by atoms with E-state index in [1.54, 1.807) is 25.4 Å². The first-order valence-corrected chi connectivity index (χ1v) is 8.08. The van der Waals surface area contributed by atoms with Gasteiger partial charge in [-0.3, -0.25) is 4.72 Å². The summed E-state index contributed by atoms with van der Waals surface area (Å²) in [7, 11) is -1.95. The molecule has 0 radical (unpaired) electrons. The van der Waals surface area contributed by atoms with Crippen LogP contribution in [0, 0.1) is 6.92 Å². The summed E-state index contributed by atoms with van der Waals surface area (Å²) < 4.78 is 26.9. The van der Waals surface area contributed by atoms with Gasteiger partial charge in [-0.2, -0.15) is 0 Å². The lowest BCUT2D eigenvalue weighted by molar-refractivity contribution is 0.600. The highest BCUT2D eigenvalue weighted by Gasteiger charge is 2.19. The smallest absolute Gasteiger partial charge is 0.263 e. The monoisotopic (exact) mass is 317 g/mol. The largest absolute Gasteiger partial charge is 0.387 e. The van der Waals surface area contributed by atoms with E-state index in [9.17, 15) is 8.42 Å². The van der Waals surface area contributed by atoms with Crippen LogP contribution in [0.5, 0.6) is 0 Å². The maximum Gasteiger partial charge on any atom is 0.263 e. The van der Waals surface area contributed by atoms with Crippen molar-refractivity contribution in [3.8, 4) is 0 Å². The van der Waals surface area contributed by atoms with E-state index in [1.807, 2.05) is 0 Å². The molecular formula is C11H12ClN3O2S2. The molecule has 0 amide bonds. The minimum absolute atomic E-state index is 0.145. The number of hydrogen-bond acceptors (Lipinski definition) is 5. The predicted molar refractivity (Wildman–Crippen MR) is 78.7 cm³/mol. The summed E-state index contributed by atoms with van der Waals surface area (Å²) >= 11 is 7.24. The molecule has 0 aliphatic rings. The molecular weight excluding hydrogens is 306 g/mol. The number of aromatic nitrogens is 1. The molecule has 0 aliphatic heterocycles. The van der Waals surface area contributed by atoms with Gasteiger partial charge in [0, 0.05) is 18.6 Å². The number of aryl methyl sites for hydroxylation is 1. The van der Waals surface area contributed by atoms with Gasteiger partial charge in [-0.15, -0.1) is 11.3 Å². The maximum absolute atomic E-state index is 12.2. The van der Waals surface area contributed by atoms with Crippen LogP contribution in [0.15, 0.2) is 28.6 Å². The third-order valence-electron chi connectivity index (χ3n) is 2.48. The van der Waals surface area contributed by atoms with Crippen molar-refractivity contribution in [2.75, 3.05) is 17.1 Å². The molecule has 2 aromatic rings. The number of hydrogen-bond donors (Lipinski definition) is 2. The first kappa shape index (κ1) is 14.1. The van der Waals surface area contributed by atoms with Crippen molar-refractivity contribution in [2.45, 2.75) is 11.8 Å². The van der Waals surface area contributed by atoms with Crippen LogP contribution in [0.4, 0.5) is 10.8 Å². The Kier molecular flexibility index (Phi) is 3.98. The second kappa shape index (κ2) is 5.36. The third kappa shape index (κ3) is 2.99. The molecule has 19 heavy (non-hydrogen) atoms. The van der Waals surface area contributed by atoms with Crippen LogP contribution < -0.4 is 10.0 Å². The molecule has 0 bridgehead atoms. The van der Waals surface area contributed by atoms with Crippen molar-refractivity contribution in [3.63, 3.8) is 0 Å². The van der Waals surface area contributed by atoms with Gasteiger partial charge in [0.25, 0.3) is 10.0 Å². The van der Waals surface area contributed by atoms with E-state index in [4.69, 9.17) is 11.6 Å². The summed E-state index contributed by atoms with van der Waals surface area (Å²) in [6.07, 6.45) is 1.53. The summed E-state index contributed by atoms with van der Waals surface area (Å²) in [5, 5.41) is 5.28. The molecule has 0 aliphatic carbocycles. The van der Waals surface area contributed by atoms with Crippen LogP contribution in [0.3, 0.4) is 0 Å². The highest BCUT2D eigenvalue weighted by molar-refractivity contribution is 7.93. The van der Waals surface area contributed by atoms with Gasteiger partial charge in [0.2, 0.25) is 0 Å². The lowest BCUT2D eigenvalue weighted by Gasteiger charge is -2.11. The number of thiazole rings is 1. The summed E-state index contributed by atoms with van der Waals surface area (Å²) in [5.74, 6) is 0. The van der Waals surface area contributed by atoms with Gasteiger partial charge in [0.05, 0.1) is 15.6 Å². The molecule has 0 saturated carbocycles. The van der Waals surface area contributed by atoms with Crippen LogP contribution in [0.2, 0.25) is 5.02 Å². The molecule has 8 heteroatoms. The van der Waals surface area contributed by atoms with Gasteiger partial charge >= 0.3 is 0 Å². The van der Waals surface area contributed by atoms with E-state index in [-0.39, 0.29) is 4.90 Å². The first-order valence-electron chi connectivity index (χ1n) is 5.34. The molecule has 1 heterocycles. The lowest BCUT2D eigenvalue weighted by Crippen LogP contribution is -2.14. The zero-order valence-electron chi connectivity index (χ0n) is 10.3. The van der Waals surface area contributed by atoms with Gasteiger partial charge in [0.1, 0.15) is 0 Å². The van der Waals surface area contributed by atoms with Crippen LogP contribution >= 0.6 is 22.9 Å². The third-order valence-corrected chi connectivity index (χ3v) is 5.09. The fourth-order valence-corrected chi connectivity index (χ4v) is 3.95. The second-order valence-corrected chi connectivity index (χ2v) is 6.74. The molecule has 0 unspecified atom stereocenters. The zero-order chi connectivity index (χ0) is 14.0. The van der Waals surface area contributed by atoms with Crippen molar-refractivity contribution in [1.82, 2.24) is 4.98 Å². The number of sulfonamides is 1. The zero-order valence-corrected chi connectivity index (χ0v) is 12.7. The summed E-state index contributed by atoms with van der Waals surface area (Å²) in [5.41, 5.74) is 1.30. The first-order chi connectivity index (χ1) is 8.94. The molecule has 0 atom stereocenters. The number of anilines is 2. The van der Waals surface area contributed by atoms with Crippen LogP contribution in [0.25, 0.3) is 0 Å². The molecule has 0 fully saturated rings. The average Bonchev–Trinajstić information content (AvgIpc) is 2.83. The maximum atomic E-state index is 12.2. The number of nitrogens with one attached hydrogen (secondary N) is 2. The predicted octanol–water partition coefficient (Wildman–Crippen LogP) is 2.95. The van der Waals surface area contributed by atoms with Crippen molar-refractivity contribution in [3.05, 3.63) is 34.3 Å². The van der Waals surface area contributed by atoms with E-state index in [1.165, 1.54) is 23.6 Å². The second-order valence-electron chi connectivity index (χ2n) is 3.79. The summed E-state index contributed by atoms with van der Waals surface area (Å²) in [6.45, 7) is 1.72. The molecule has 1 aromatic heterocycles. The molecule has 0 spiro atoms. The Balaban J connectivity index is 2.43. The Bertz CT molecular complexity index is 684. The van der Waals surface area contributed by atoms with Crippen LogP contribution in [-0.2, 0) is 10.0 Å². The quantitative estimate of drug-likeness (QED) is 0.909. The minimum Gasteiger partial charge on any atom is -0.387 e. The topological polar surface area (TPSA) is 71.1 Å². The Hall–Kier alpha value is -1.31. The van der Waals surface area contributed by atoms with E-state index in [0.717, 1.165) is 0 Å². The van der Waals surface area contributed by atoms with Gasteiger partial charge in [0.15, 0.2) is 5.13 Å². The number of nitrogens with zero attached hydrogens (tertiary/aromatic N) is 1. The molecule has 1 aromatic carbocycles. The molecule has 2 rings (SSSR count). The van der Waals surface area contributed by atoms with E-state index < -0.39 is 10.0 Å². The molecule has 0 saturated heterocycles. The number of benzene rings is 1. The molecule has 2 N–H and O–H groups in total. The summed E-state index contributed by atoms with van der Waals surface area (Å²) in [4.78, 5) is 4.04. The van der Waals surface area contributed by atoms with E-state index >= 15 is 0 Å². The fraction of sp³-hybridized carbons (Fsp3) is 0.182. The Morgan fingerprint density at radius 3 is 2.68 bits per heavy atom. The van der Waals surface area contributed by atoms with Crippen molar-refractivity contribution in [1.29, 1.82) is 0 Å². The van der Waals surface area contributed by atoms with E-state index in [0.29, 0.717) is 21.4 Å². The Labute approximate surface area is 120 Å². The normalized spacial score (nSPS) is 11.3. The SMILES string of the molecule is CNc1cc(C)c(S(=O)(=O)Nc2nccs2)cc1Cl. The average molecular weight is 318 g/mol. The van der Waals surface area contributed by atoms with Crippen molar-refractivity contribution >= 4 is 43.8 Å². The highest BCUT2D eigenvalue weighted by atomic mass is 35.5.